The average Bonchev–Trinajstić information content (AvgIpc) is 2.67. The maximum absolute atomic E-state index is 10.1. The van der Waals surface area contributed by atoms with Gasteiger partial charge in [0.15, 0.2) is 0 Å². The number of hydrogen-bond donors (Lipinski definition) is 1. The van der Waals surface area contributed by atoms with E-state index in [9.17, 15) is 5.11 Å². The Kier molecular flexibility index (Phi) is 4.75. The molecular weight excluding hydrogens is 212 g/mol. The van der Waals surface area contributed by atoms with Crippen molar-refractivity contribution in [1.82, 2.24) is 9.78 Å². The first-order valence-corrected chi connectivity index (χ1v) is 6.60. The van der Waals surface area contributed by atoms with Gasteiger partial charge in [0.25, 0.3) is 0 Å². The topological polar surface area (TPSA) is 38.0 Å². The molecule has 0 saturated carbocycles. The molecule has 0 fully saturated rings. The second-order valence-corrected chi connectivity index (χ2v) is 5.84. The Morgan fingerprint density at radius 3 is 2.35 bits per heavy atom. The van der Waals surface area contributed by atoms with Crippen LogP contribution in [0.25, 0.3) is 0 Å². The van der Waals surface area contributed by atoms with Crippen molar-refractivity contribution in [2.45, 2.75) is 66.0 Å². The van der Waals surface area contributed by atoms with Crippen LogP contribution in [0.15, 0.2) is 12.3 Å². The highest BCUT2D eigenvalue weighted by atomic mass is 16.3. The molecule has 17 heavy (non-hydrogen) atoms. The third kappa shape index (κ3) is 3.84. The molecule has 1 heterocycles. The maximum Gasteiger partial charge on any atom is 0.0650 e. The molecule has 0 spiro atoms. The second-order valence-electron chi connectivity index (χ2n) is 5.84. The third-order valence-electron chi connectivity index (χ3n) is 3.38. The fraction of sp³-hybridized carbons (Fsp3) is 0.786. The Balaban J connectivity index is 2.69. The van der Waals surface area contributed by atoms with Gasteiger partial charge in [0.2, 0.25) is 0 Å². The Morgan fingerprint density at radius 2 is 1.88 bits per heavy atom. The molecule has 1 rings (SSSR count). The van der Waals surface area contributed by atoms with E-state index < -0.39 is 0 Å². The molecule has 0 aliphatic heterocycles. The predicted octanol–water partition coefficient (Wildman–Crippen LogP) is 3.19. The maximum atomic E-state index is 10.1. The largest absolute Gasteiger partial charge is 0.392 e. The standard InChI is InChI=1S/C14H26N2O/c1-6-12(7-2)16-9-8-11(15-16)10-13(17)14(3,4)5/h8-9,12-13,17H,6-7,10H2,1-5H3. The van der Waals surface area contributed by atoms with Gasteiger partial charge in [-0.3, -0.25) is 4.68 Å². The van der Waals surface area contributed by atoms with Crippen molar-refractivity contribution < 1.29 is 5.11 Å². The Hall–Kier alpha value is -0.830. The van der Waals surface area contributed by atoms with Crippen LogP contribution in [-0.4, -0.2) is 21.0 Å². The van der Waals surface area contributed by atoms with Crippen molar-refractivity contribution in [2.75, 3.05) is 0 Å². The molecule has 0 amide bonds. The van der Waals surface area contributed by atoms with E-state index in [0.29, 0.717) is 12.5 Å². The number of aliphatic hydroxyl groups is 1. The molecule has 1 aromatic heterocycles. The summed E-state index contributed by atoms with van der Waals surface area (Å²) in [7, 11) is 0. The number of aliphatic hydroxyl groups excluding tert-OH is 1. The monoisotopic (exact) mass is 238 g/mol. The molecule has 1 N–H and O–H groups in total. The minimum atomic E-state index is -0.340. The van der Waals surface area contributed by atoms with E-state index in [4.69, 9.17) is 0 Å². The Morgan fingerprint density at radius 1 is 1.29 bits per heavy atom. The molecule has 0 aromatic carbocycles. The van der Waals surface area contributed by atoms with Crippen molar-refractivity contribution in [3.05, 3.63) is 18.0 Å². The molecule has 1 aromatic rings. The summed E-state index contributed by atoms with van der Waals surface area (Å²) in [4.78, 5) is 0. The van der Waals surface area contributed by atoms with Gasteiger partial charge in [0.05, 0.1) is 17.8 Å². The van der Waals surface area contributed by atoms with Gasteiger partial charge in [0, 0.05) is 12.6 Å². The lowest BCUT2D eigenvalue weighted by Crippen LogP contribution is -2.28. The van der Waals surface area contributed by atoms with E-state index in [-0.39, 0.29) is 11.5 Å². The predicted molar refractivity (Wildman–Crippen MR) is 71.0 cm³/mol. The molecule has 0 bridgehead atoms. The summed E-state index contributed by atoms with van der Waals surface area (Å²) in [6, 6.07) is 2.50. The van der Waals surface area contributed by atoms with Gasteiger partial charge in [-0.25, -0.2) is 0 Å². The number of hydrogen-bond acceptors (Lipinski definition) is 2. The molecule has 3 nitrogen and oxygen atoms in total. The van der Waals surface area contributed by atoms with Crippen LogP contribution in [-0.2, 0) is 6.42 Å². The highest BCUT2D eigenvalue weighted by Crippen LogP contribution is 2.22. The molecule has 0 saturated heterocycles. The van der Waals surface area contributed by atoms with Gasteiger partial charge >= 0.3 is 0 Å². The summed E-state index contributed by atoms with van der Waals surface area (Å²) in [5.74, 6) is 0. The zero-order chi connectivity index (χ0) is 13.1. The van der Waals surface area contributed by atoms with Crippen LogP contribution >= 0.6 is 0 Å². The van der Waals surface area contributed by atoms with Crippen LogP contribution in [0.4, 0.5) is 0 Å². The van der Waals surface area contributed by atoms with Gasteiger partial charge in [-0.15, -0.1) is 0 Å². The lowest BCUT2D eigenvalue weighted by molar-refractivity contribution is 0.0626. The smallest absolute Gasteiger partial charge is 0.0650 e. The van der Waals surface area contributed by atoms with Crippen LogP contribution < -0.4 is 0 Å². The highest BCUT2D eigenvalue weighted by Gasteiger charge is 2.23. The van der Waals surface area contributed by atoms with E-state index in [0.717, 1.165) is 18.5 Å². The van der Waals surface area contributed by atoms with Crippen LogP contribution in [0.1, 0.15) is 59.2 Å². The fourth-order valence-corrected chi connectivity index (χ4v) is 1.86. The first-order valence-electron chi connectivity index (χ1n) is 6.60. The highest BCUT2D eigenvalue weighted by molar-refractivity contribution is 5.02. The minimum Gasteiger partial charge on any atom is -0.392 e. The summed E-state index contributed by atoms with van der Waals surface area (Å²) < 4.78 is 2.03. The van der Waals surface area contributed by atoms with Crippen molar-refractivity contribution in [3.8, 4) is 0 Å². The van der Waals surface area contributed by atoms with Crippen LogP contribution in [0.2, 0.25) is 0 Å². The van der Waals surface area contributed by atoms with Gasteiger partial charge in [-0.1, -0.05) is 34.6 Å². The molecule has 0 aliphatic carbocycles. The van der Waals surface area contributed by atoms with Crippen molar-refractivity contribution >= 4 is 0 Å². The van der Waals surface area contributed by atoms with Crippen LogP contribution in [0, 0.1) is 5.41 Å². The molecule has 0 radical (unpaired) electrons. The summed E-state index contributed by atoms with van der Waals surface area (Å²) in [5.41, 5.74) is 0.901. The molecule has 0 aliphatic rings. The fourth-order valence-electron chi connectivity index (χ4n) is 1.86. The van der Waals surface area contributed by atoms with Crippen LogP contribution in [0.5, 0.6) is 0 Å². The molecule has 1 unspecified atom stereocenters. The molecule has 3 heteroatoms. The average molecular weight is 238 g/mol. The lowest BCUT2D eigenvalue weighted by atomic mass is 9.86. The van der Waals surface area contributed by atoms with Gasteiger partial charge in [0.1, 0.15) is 0 Å². The lowest BCUT2D eigenvalue weighted by Gasteiger charge is -2.25. The summed E-state index contributed by atoms with van der Waals surface area (Å²) in [6.45, 7) is 10.5. The van der Waals surface area contributed by atoms with Crippen molar-refractivity contribution in [1.29, 1.82) is 0 Å². The SMILES string of the molecule is CCC(CC)n1ccc(CC(O)C(C)(C)C)n1. The first-order chi connectivity index (χ1) is 7.88. The number of rotatable bonds is 5. The molecular formula is C14H26N2O. The van der Waals surface area contributed by atoms with E-state index >= 15 is 0 Å². The number of nitrogens with zero attached hydrogens (tertiary/aromatic N) is 2. The number of aromatic nitrogens is 2. The Labute approximate surface area is 105 Å². The van der Waals surface area contributed by atoms with E-state index in [1.165, 1.54) is 0 Å². The third-order valence-corrected chi connectivity index (χ3v) is 3.38. The summed E-state index contributed by atoms with van der Waals surface area (Å²) in [5, 5.41) is 14.6. The van der Waals surface area contributed by atoms with E-state index in [1.54, 1.807) is 0 Å². The Bertz CT molecular complexity index is 334. The quantitative estimate of drug-likeness (QED) is 0.855. The van der Waals surface area contributed by atoms with Crippen molar-refractivity contribution in [3.63, 3.8) is 0 Å². The molecule has 1 atom stereocenters. The van der Waals surface area contributed by atoms with E-state index in [1.807, 2.05) is 16.9 Å². The molecule has 98 valence electrons. The summed E-state index contributed by atoms with van der Waals surface area (Å²) in [6.07, 6.45) is 4.52. The normalized spacial score (nSPS) is 14.3. The second kappa shape index (κ2) is 5.67. The zero-order valence-corrected chi connectivity index (χ0v) is 11.8. The summed E-state index contributed by atoms with van der Waals surface area (Å²) >= 11 is 0. The van der Waals surface area contributed by atoms with Crippen LogP contribution in [0.3, 0.4) is 0 Å². The van der Waals surface area contributed by atoms with Gasteiger partial charge in [-0.2, -0.15) is 5.10 Å². The van der Waals surface area contributed by atoms with Crippen molar-refractivity contribution in [2.24, 2.45) is 5.41 Å². The minimum absolute atomic E-state index is 0.0846. The zero-order valence-electron chi connectivity index (χ0n) is 11.8. The van der Waals surface area contributed by atoms with Gasteiger partial charge in [-0.05, 0) is 24.3 Å². The van der Waals surface area contributed by atoms with Gasteiger partial charge < -0.3 is 5.11 Å². The first kappa shape index (κ1) is 14.2. The van der Waals surface area contributed by atoms with E-state index in [2.05, 4.69) is 39.7 Å².